The summed E-state index contributed by atoms with van der Waals surface area (Å²) in [6.45, 7) is 0.125. The number of halogens is 1. The Morgan fingerprint density at radius 2 is 1.91 bits per heavy atom. The Kier molecular flexibility index (Phi) is 6.50. The van der Waals surface area contributed by atoms with Gasteiger partial charge in [-0.1, -0.05) is 11.6 Å². The molecule has 0 aliphatic carbocycles. The molecule has 1 aliphatic rings. The molecule has 168 valence electrons. The lowest BCUT2D eigenvalue weighted by molar-refractivity contribution is -0.148. The second-order valence-electron chi connectivity index (χ2n) is 7.21. The molecule has 1 fully saturated rings. The van der Waals surface area contributed by atoms with E-state index < -0.39 is 22.0 Å². The molecule has 1 unspecified atom stereocenters. The van der Waals surface area contributed by atoms with Crippen molar-refractivity contribution in [3.8, 4) is 17.2 Å². The van der Waals surface area contributed by atoms with Crippen molar-refractivity contribution in [1.82, 2.24) is 9.29 Å². The lowest BCUT2D eigenvalue weighted by Gasteiger charge is -2.22. The van der Waals surface area contributed by atoms with Gasteiger partial charge in [-0.2, -0.15) is 4.31 Å². The van der Waals surface area contributed by atoms with Crippen molar-refractivity contribution < 1.29 is 27.1 Å². The Hall–Kier alpha value is -2.88. The molecule has 2 heterocycles. The fourth-order valence-corrected chi connectivity index (χ4v) is 5.26. The largest absolute Gasteiger partial charge is 0.497 e. The van der Waals surface area contributed by atoms with Gasteiger partial charge in [0.1, 0.15) is 30.4 Å². The van der Waals surface area contributed by atoms with Gasteiger partial charge in [-0.25, -0.2) is 13.4 Å². The van der Waals surface area contributed by atoms with Crippen LogP contribution in [0.4, 0.5) is 0 Å². The molecule has 8 nitrogen and oxygen atoms in total. The Balaban J connectivity index is 1.41. The van der Waals surface area contributed by atoms with Gasteiger partial charge in [-0.3, -0.25) is 4.79 Å². The Morgan fingerprint density at radius 1 is 1.19 bits per heavy atom. The summed E-state index contributed by atoms with van der Waals surface area (Å²) < 4.78 is 43.1. The van der Waals surface area contributed by atoms with Crippen molar-refractivity contribution >= 4 is 27.6 Å². The second kappa shape index (κ2) is 9.32. The maximum absolute atomic E-state index is 13.0. The lowest BCUT2D eigenvalue weighted by Crippen LogP contribution is -2.41. The number of oxazole rings is 1. The van der Waals surface area contributed by atoms with E-state index in [1.54, 1.807) is 31.4 Å². The highest BCUT2D eigenvalue weighted by Gasteiger charge is 2.40. The first-order valence-electron chi connectivity index (χ1n) is 9.91. The molecule has 0 saturated carbocycles. The van der Waals surface area contributed by atoms with Crippen LogP contribution in [0, 0.1) is 0 Å². The average molecular weight is 477 g/mol. The van der Waals surface area contributed by atoms with Crippen molar-refractivity contribution in [3.05, 3.63) is 65.5 Å². The standard InChI is InChI=1S/C22H21ClN2O6S/c1-29-18-8-4-15(5-9-18)21-24-17(13-30-21)14-31-22(26)20-3-2-12-25(20)32(27,28)19-10-6-16(23)7-11-19/h4-11,13,20H,2-3,12,14H2,1H3. The van der Waals surface area contributed by atoms with Gasteiger partial charge in [0, 0.05) is 17.1 Å². The zero-order valence-electron chi connectivity index (χ0n) is 17.2. The second-order valence-corrected chi connectivity index (χ2v) is 9.53. The van der Waals surface area contributed by atoms with Crippen LogP contribution in [0.1, 0.15) is 18.5 Å². The van der Waals surface area contributed by atoms with Gasteiger partial charge < -0.3 is 13.9 Å². The number of esters is 1. The predicted molar refractivity (Wildman–Crippen MR) is 117 cm³/mol. The van der Waals surface area contributed by atoms with E-state index >= 15 is 0 Å². The van der Waals surface area contributed by atoms with Gasteiger partial charge in [0.15, 0.2) is 0 Å². The molecule has 1 aliphatic heterocycles. The van der Waals surface area contributed by atoms with Crippen molar-refractivity contribution in [3.63, 3.8) is 0 Å². The van der Waals surface area contributed by atoms with Crippen molar-refractivity contribution in [1.29, 1.82) is 0 Å². The van der Waals surface area contributed by atoms with E-state index in [0.29, 0.717) is 35.2 Å². The summed E-state index contributed by atoms with van der Waals surface area (Å²) in [6, 6.07) is 12.2. The zero-order valence-corrected chi connectivity index (χ0v) is 18.8. The van der Waals surface area contributed by atoms with Gasteiger partial charge in [-0.15, -0.1) is 0 Å². The molecule has 10 heteroatoms. The molecule has 0 bridgehead atoms. The number of rotatable bonds is 7. The highest BCUT2D eigenvalue weighted by Crippen LogP contribution is 2.28. The van der Waals surface area contributed by atoms with E-state index in [1.165, 1.54) is 34.8 Å². The maximum Gasteiger partial charge on any atom is 0.324 e. The van der Waals surface area contributed by atoms with Crippen LogP contribution in [0.3, 0.4) is 0 Å². The summed E-state index contributed by atoms with van der Waals surface area (Å²) >= 11 is 5.85. The summed E-state index contributed by atoms with van der Waals surface area (Å²) in [5.74, 6) is 0.477. The Labute approximate surface area is 190 Å². The SMILES string of the molecule is COc1ccc(-c2nc(COC(=O)C3CCCN3S(=O)(=O)c3ccc(Cl)cc3)co2)cc1. The molecule has 1 saturated heterocycles. The number of carbonyl (C=O) groups excluding carboxylic acids is 1. The molecule has 0 spiro atoms. The number of hydrogen-bond acceptors (Lipinski definition) is 7. The van der Waals surface area contributed by atoms with Gasteiger partial charge >= 0.3 is 5.97 Å². The van der Waals surface area contributed by atoms with Gasteiger partial charge in [-0.05, 0) is 61.4 Å². The molecule has 1 atom stereocenters. The average Bonchev–Trinajstić information content (AvgIpc) is 3.48. The first-order chi connectivity index (χ1) is 15.4. The Morgan fingerprint density at radius 3 is 2.59 bits per heavy atom. The van der Waals surface area contributed by atoms with E-state index in [2.05, 4.69) is 4.98 Å². The van der Waals surface area contributed by atoms with E-state index in [0.717, 1.165) is 5.56 Å². The molecular weight excluding hydrogens is 456 g/mol. The van der Waals surface area contributed by atoms with Gasteiger partial charge in [0.05, 0.1) is 12.0 Å². The maximum atomic E-state index is 13.0. The van der Waals surface area contributed by atoms with Crippen LogP contribution in [0.15, 0.2) is 64.1 Å². The number of benzene rings is 2. The first kappa shape index (κ1) is 22.3. The third-order valence-corrected chi connectivity index (χ3v) is 7.32. The number of aromatic nitrogens is 1. The zero-order chi connectivity index (χ0) is 22.7. The van der Waals surface area contributed by atoms with Crippen molar-refractivity contribution in [2.45, 2.75) is 30.4 Å². The number of methoxy groups -OCH3 is 1. The molecular formula is C22H21ClN2O6S. The number of sulfonamides is 1. The number of ether oxygens (including phenoxy) is 2. The van der Waals surface area contributed by atoms with Crippen LogP contribution in [0.25, 0.3) is 11.5 Å². The molecule has 3 aromatic rings. The topological polar surface area (TPSA) is 98.9 Å². The fourth-order valence-electron chi connectivity index (χ4n) is 3.49. The lowest BCUT2D eigenvalue weighted by atomic mass is 10.2. The van der Waals surface area contributed by atoms with Crippen molar-refractivity contribution in [2.75, 3.05) is 13.7 Å². The van der Waals surface area contributed by atoms with Crippen LogP contribution in [0.2, 0.25) is 5.02 Å². The minimum absolute atomic E-state index is 0.0854. The van der Waals surface area contributed by atoms with E-state index in [9.17, 15) is 13.2 Å². The summed E-state index contributed by atoms with van der Waals surface area (Å²) in [6.07, 6.45) is 2.36. The molecule has 1 aromatic heterocycles. The molecule has 0 N–H and O–H groups in total. The summed E-state index contributed by atoms with van der Waals surface area (Å²) in [5.41, 5.74) is 1.17. The quantitative estimate of drug-likeness (QED) is 0.477. The number of hydrogen-bond donors (Lipinski definition) is 0. The summed E-state index contributed by atoms with van der Waals surface area (Å²) in [5, 5.41) is 0.433. The smallest absolute Gasteiger partial charge is 0.324 e. The van der Waals surface area contributed by atoms with Crippen LogP contribution >= 0.6 is 11.6 Å². The van der Waals surface area contributed by atoms with E-state index in [4.69, 9.17) is 25.5 Å². The fraction of sp³-hybridized carbons (Fsp3) is 0.273. The third kappa shape index (κ3) is 4.64. The van der Waals surface area contributed by atoms with Gasteiger partial charge in [0.25, 0.3) is 0 Å². The van der Waals surface area contributed by atoms with Crippen LogP contribution in [0.5, 0.6) is 5.75 Å². The molecule has 2 aromatic carbocycles. The summed E-state index contributed by atoms with van der Waals surface area (Å²) in [7, 11) is -2.26. The number of nitrogens with zero attached hydrogens (tertiary/aromatic N) is 2. The van der Waals surface area contributed by atoms with Crippen LogP contribution in [-0.4, -0.2) is 43.4 Å². The molecule has 4 rings (SSSR count). The number of carbonyl (C=O) groups is 1. The monoisotopic (exact) mass is 476 g/mol. The van der Waals surface area contributed by atoms with E-state index in [1.807, 2.05) is 0 Å². The normalized spacial score (nSPS) is 16.8. The molecule has 32 heavy (non-hydrogen) atoms. The molecule has 0 radical (unpaired) electrons. The van der Waals surface area contributed by atoms with Crippen LogP contribution < -0.4 is 4.74 Å². The van der Waals surface area contributed by atoms with E-state index in [-0.39, 0.29) is 18.0 Å². The van der Waals surface area contributed by atoms with Crippen molar-refractivity contribution in [2.24, 2.45) is 0 Å². The van der Waals surface area contributed by atoms with Crippen LogP contribution in [-0.2, 0) is 26.2 Å². The van der Waals surface area contributed by atoms with Gasteiger partial charge in [0.2, 0.25) is 15.9 Å². The predicted octanol–water partition coefficient (Wildman–Crippen LogP) is 3.90. The third-order valence-electron chi connectivity index (χ3n) is 5.15. The molecule has 0 amide bonds. The highest BCUT2D eigenvalue weighted by atomic mass is 35.5. The first-order valence-corrected chi connectivity index (χ1v) is 11.7. The summed E-state index contributed by atoms with van der Waals surface area (Å²) in [4.78, 5) is 17.1. The highest BCUT2D eigenvalue weighted by molar-refractivity contribution is 7.89. The minimum atomic E-state index is -3.84. The Bertz CT molecular complexity index is 1190. The minimum Gasteiger partial charge on any atom is -0.497 e.